The van der Waals surface area contributed by atoms with Crippen LogP contribution in [0, 0.1) is 10.1 Å². The maximum atomic E-state index is 12.1. The van der Waals surface area contributed by atoms with Crippen molar-refractivity contribution in [2.75, 3.05) is 12.0 Å². The molecule has 0 amide bonds. The van der Waals surface area contributed by atoms with Crippen LogP contribution in [0.25, 0.3) is 0 Å². The molecule has 0 radical (unpaired) electrons. The van der Waals surface area contributed by atoms with E-state index in [-0.39, 0.29) is 11.5 Å². The number of anilines is 1. The minimum atomic E-state index is -0.741. The molecule has 8 nitrogen and oxygen atoms in total. The number of H-pyrrole nitrogens is 1. The lowest BCUT2D eigenvalue weighted by molar-refractivity contribution is -0.446. The van der Waals surface area contributed by atoms with E-state index >= 15 is 0 Å². The molecule has 2 heterocycles. The van der Waals surface area contributed by atoms with Crippen molar-refractivity contribution >= 4 is 5.95 Å². The molecular weight excluding hydrogens is 286 g/mol. The molecule has 22 heavy (non-hydrogen) atoms. The number of aromatic nitrogens is 2. The Labute approximate surface area is 125 Å². The zero-order valence-electron chi connectivity index (χ0n) is 11.8. The summed E-state index contributed by atoms with van der Waals surface area (Å²) in [6.45, 7) is 2.01. The van der Waals surface area contributed by atoms with E-state index in [1.54, 1.807) is 0 Å². The fourth-order valence-electron chi connectivity index (χ4n) is 2.60. The highest BCUT2D eigenvalue weighted by atomic mass is 16.7. The molecule has 0 saturated heterocycles. The summed E-state index contributed by atoms with van der Waals surface area (Å²) in [6, 6.07) is 10.0. The van der Waals surface area contributed by atoms with Crippen LogP contribution in [-0.2, 0) is 19.5 Å². The summed E-state index contributed by atoms with van der Waals surface area (Å²) in [6.07, 6.45) is 0.596. The number of rotatable bonds is 4. The zero-order chi connectivity index (χ0) is 15.5. The van der Waals surface area contributed by atoms with E-state index in [9.17, 15) is 14.9 Å². The Morgan fingerprint density at radius 2 is 2.14 bits per heavy atom. The van der Waals surface area contributed by atoms with Crippen molar-refractivity contribution in [3.8, 4) is 0 Å². The van der Waals surface area contributed by atoms with Crippen molar-refractivity contribution in [2.24, 2.45) is 0 Å². The van der Waals surface area contributed by atoms with E-state index in [1.165, 1.54) is 5.56 Å². The lowest BCUT2D eigenvalue weighted by atomic mass is 10.1. The monoisotopic (exact) mass is 301 g/mol. The van der Waals surface area contributed by atoms with Crippen molar-refractivity contribution in [3.63, 3.8) is 0 Å². The lowest BCUT2D eigenvalue weighted by Crippen LogP contribution is -2.35. The van der Waals surface area contributed by atoms with Gasteiger partial charge in [-0.25, -0.2) is 15.1 Å². The van der Waals surface area contributed by atoms with Gasteiger partial charge in [-0.2, -0.15) is 0 Å². The van der Waals surface area contributed by atoms with E-state index in [4.69, 9.17) is 0 Å². The van der Waals surface area contributed by atoms with Crippen LogP contribution in [-0.4, -0.2) is 26.4 Å². The molecule has 0 saturated carbocycles. The second-order valence-corrected chi connectivity index (χ2v) is 5.15. The third-order valence-electron chi connectivity index (χ3n) is 3.59. The van der Waals surface area contributed by atoms with Gasteiger partial charge < -0.3 is 0 Å². The van der Waals surface area contributed by atoms with Crippen molar-refractivity contribution in [2.45, 2.75) is 19.5 Å². The first-order valence-corrected chi connectivity index (χ1v) is 6.91. The quantitative estimate of drug-likeness (QED) is 0.643. The number of hydrazine groups is 1. The van der Waals surface area contributed by atoms with Gasteiger partial charge in [0, 0.05) is 26.1 Å². The van der Waals surface area contributed by atoms with Gasteiger partial charge >= 0.3 is 0 Å². The van der Waals surface area contributed by atoms with Gasteiger partial charge in [0.25, 0.3) is 11.5 Å². The smallest absolute Gasteiger partial charge is 0.266 e. The van der Waals surface area contributed by atoms with E-state index in [1.807, 2.05) is 35.8 Å². The summed E-state index contributed by atoms with van der Waals surface area (Å²) in [7, 11) is 0. The average molecular weight is 301 g/mol. The number of hydrogen-bond donors (Lipinski definition) is 2. The van der Waals surface area contributed by atoms with Gasteiger partial charge in [0.05, 0.1) is 11.3 Å². The normalized spacial score (nSPS) is 14.4. The van der Waals surface area contributed by atoms with E-state index in [2.05, 4.69) is 14.9 Å². The third kappa shape index (κ3) is 3.12. The molecule has 1 aromatic heterocycles. The molecule has 2 N–H and O–H groups in total. The first-order valence-electron chi connectivity index (χ1n) is 6.91. The second-order valence-electron chi connectivity index (χ2n) is 5.15. The molecule has 0 unspecified atom stereocenters. The van der Waals surface area contributed by atoms with Gasteiger partial charge in [-0.1, -0.05) is 35.8 Å². The Balaban J connectivity index is 1.78. The summed E-state index contributed by atoms with van der Waals surface area (Å²) in [5, 5.41) is 9.69. The molecule has 1 aliphatic rings. The lowest BCUT2D eigenvalue weighted by Gasteiger charge is -2.27. The second kappa shape index (κ2) is 5.94. The molecule has 3 rings (SSSR count). The van der Waals surface area contributed by atoms with Gasteiger partial charge in [0.2, 0.25) is 0 Å². The first-order chi connectivity index (χ1) is 10.6. The van der Waals surface area contributed by atoms with E-state index in [0.29, 0.717) is 24.2 Å². The number of nitrogens with one attached hydrogen (secondary N) is 2. The number of nitro groups is 1. The van der Waals surface area contributed by atoms with Crippen LogP contribution in [0.4, 0.5) is 5.95 Å². The van der Waals surface area contributed by atoms with Crippen molar-refractivity contribution in [3.05, 3.63) is 67.6 Å². The van der Waals surface area contributed by atoms with Gasteiger partial charge in [-0.15, -0.1) is 0 Å². The SMILES string of the molecule is O=c1[nH]c(N[N+](=O)[O-])nc2c1CN(Cc1ccccc1)CC2. The summed E-state index contributed by atoms with van der Waals surface area (Å²) >= 11 is 0. The number of aromatic amines is 1. The van der Waals surface area contributed by atoms with Crippen molar-refractivity contribution in [1.82, 2.24) is 14.9 Å². The van der Waals surface area contributed by atoms with E-state index in [0.717, 1.165) is 13.1 Å². The Morgan fingerprint density at radius 3 is 2.86 bits per heavy atom. The fraction of sp³-hybridized carbons (Fsp3) is 0.286. The molecule has 114 valence electrons. The van der Waals surface area contributed by atoms with Crippen LogP contribution in [0.15, 0.2) is 35.1 Å². The van der Waals surface area contributed by atoms with Gasteiger partial charge in [0.1, 0.15) is 0 Å². The molecule has 0 bridgehead atoms. The summed E-state index contributed by atoms with van der Waals surface area (Å²) in [4.78, 5) is 31.2. The minimum absolute atomic E-state index is 0.120. The van der Waals surface area contributed by atoms with Gasteiger partial charge in [-0.3, -0.25) is 14.7 Å². The third-order valence-corrected chi connectivity index (χ3v) is 3.59. The van der Waals surface area contributed by atoms with E-state index < -0.39 is 5.03 Å². The van der Waals surface area contributed by atoms with Crippen LogP contribution in [0.3, 0.4) is 0 Å². The van der Waals surface area contributed by atoms with Crippen LogP contribution < -0.4 is 11.0 Å². The van der Waals surface area contributed by atoms with Crippen LogP contribution in [0.2, 0.25) is 0 Å². The molecule has 8 heteroatoms. The Hall–Kier alpha value is -2.74. The average Bonchev–Trinajstić information content (AvgIpc) is 2.48. The summed E-state index contributed by atoms with van der Waals surface area (Å²) < 4.78 is 0. The summed E-state index contributed by atoms with van der Waals surface area (Å²) in [5.74, 6) is -0.120. The zero-order valence-corrected chi connectivity index (χ0v) is 11.8. The standard InChI is InChI=1S/C14H15N5O3/c20-13-11-9-18(8-10-4-2-1-3-5-10)7-6-12(11)15-14(16-13)17-19(21)22/h1-5H,6-9H2,(H2,15,16,17,20). The maximum Gasteiger partial charge on any atom is 0.266 e. The maximum absolute atomic E-state index is 12.1. The molecule has 0 fully saturated rings. The number of hydrogen-bond acceptors (Lipinski definition) is 5. The highest BCUT2D eigenvalue weighted by Crippen LogP contribution is 2.17. The number of nitrogens with zero attached hydrogens (tertiary/aromatic N) is 3. The number of benzene rings is 1. The molecule has 2 aromatic rings. The predicted octanol–water partition coefficient (Wildman–Crippen LogP) is 0.932. The predicted molar refractivity (Wildman–Crippen MR) is 79.7 cm³/mol. The van der Waals surface area contributed by atoms with Crippen LogP contribution in [0.1, 0.15) is 16.8 Å². The molecule has 1 aromatic carbocycles. The summed E-state index contributed by atoms with van der Waals surface area (Å²) in [5.41, 5.74) is 3.95. The van der Waals surface area contributed by atoms with Gasteiger partial charge in [-0.05, 0) is 5.56 Å². The Kier molecular flexibility index (Phi) is 3.84. The van der Waals surface area contributed by atoms with Crippen molar-refractivity contribution in [1.29, 1.82) is 0 Å². The Morgan fingerprint density at radius 1 is 1.36 bits per heavy atom. The minimum Gasteiger partial charge on any atom is -0.294 e. The fourth-order valence-corrected chi connectivity index (χ4v) is 2.60. The van der Waals surface area contributed by atoms with Gasteiger partial charge in [0.15, 0.2) is 5.03 Å². The highest BCUT2D eigenvalue weighted by Gasteiger charge is 2.21. The van der Waals surface area contributed by atoms with Crippen LogP contribution >= 0.6 is 0 Å². The number of fused-ring (bicyclic) bond motifs is 1. The van der Waals surface area contributed by atoms with Crippen molar-refractivity contribution < 1.29 is 5.03 Å². The molecular formula is C14H15N5O3. The Bertz CT molecular complexity index is 744. The molecule has 0 aliphatic carbocycles. The highest BCUT2D eigenvalue weighted by molar-refractivity contribution is 5.29. The first kappa shape index (κ1) is 14.2. The van der Waals surface area contributed by atoms with Crippen LogP contribution in [0.5, 0.6) is 0 Å². The molecule has 1 aliphatic heterocycles. The molecule has 0 spiro atoms. The molecule has 0 atom stereocenters. The largest absolute Gasteiger partial charge is 0.294 e. The topological polar surface area (TPSA) is 104 Å².